The zero-order valence-corrected chi connectivity index (χ0v) is 17.0. The first-order chi connectivity index (χ1) is 14.2. The van der Waals surface area contributed by atoms with Gasteiger partial charge in [-0.3, -0.25) is 4.99 Å². The summed E-state index contributed by atoms with van der Waals surface area (Å²) in [5.41, 5.74) is 2.47. The molecule has 2 aromatic carbocycles. The Morgan fingerprint density at radius 3 is 2.83 bits per heavy atom. The first-order valence-corrected chi connectivity index (χ1v) is 10.3. The Kier molecular flexibility index (Phi) is 5.48. The van der Waals surface area contributed by atoms with Crippen LogP contribution in [0, 0.1) is 0 Å². The van der Waals surface area contributed by atoms with E-state index >= 15 is 0 Å². The number of ether oxygens (including phenoxy) is 1. The van der Waals surface area contributed by atoms with E-state index in [2.05, 4.69) is 10.1 Å². The molecular formula is C22H21N3O3S. The minimum Gasteiger partial charge on any atom is -0.504 e. The van der Waals surface area contributed by atoms with Gasteiger partial charge in [-0.1, -0.05) is 18.2 Å². The molecule has 0 aliphatic heterocycles. The number of furan rings is 1. The molecule has 1 N–H and O–H groups in total. The van der Waals surface area contributed by atoms with Gasteiger partial charge in [-0.05, 0) is 49.7 Å². The van der Waals surface area contributed by atoms with Gasteiger partial charge in [-0.2, -0.15) is 5.10 Å². The van der Waals surface area contributed by atoms with E-state index in [1.807, 2.05) is 49.6 Å². The number of hydrogen-bond acceptors (Lipinski definition) is 6. The number of hydrogen-bond donors (Lipinski definition) is 1. The highest BCUT2D eigenvalue weighted by atomic mass is 32.1. The van der Waals surface area contributed by atoms with Crippen LogP contribution >= 0.6 is 11.3 Å². The minimum atomic E-state index is 0.108. The summed E-state index contributed by atoms with van der Waals surface area (Å²) in [6, 6.07) is 15.1. The quantitative estimate of drug-likeness (QED) is 0.464. The molecule has 0 unspecified atom stereocenters. The summed E-state index contributed by atoms with van der Waals surface area (Å²) in [6.07, 6.45) is 1.72. The molecule has 0 aliphatic rings. The van der Waals surface area contributed by atoms with Gasteiger partial charge in [0, 0.05) is 17.3 Å². The first-order valence-electron chi connectivity index (χ1n) is 9.39. The highest BCUT2D eigenvalue weighted by molar-refractivity contribution is 7.07. The van der Waals surface area contributed by atoms with Gasteiger partial charge in [0.2, 0.25) is 4.80 Å². The Hall–Kier alpha value is -3.32. The molecule has 0 saturated carbocycles. The fourth-order valence-electron chi connectivity index (χ4n) is 2.94. The number of fused-ring (bicyclic) bond motifs is 1. The Morgan fingerprint density at radius 1 is 1.17 bits per heavy atom. The Morgan fingerprint density at radius 2 is 2.03 bits per heavy atom. The molecular weight excluding hydrogens is 386 g/mol. The number of nitrogens with zero attached hydrogens (tertiary/aromatic N) is 3. The number of benzene rings is 2. The maximum absolute atomic E-state index is 9.89. The second-order valence-corrected chi connectivity index (χ2v) is 7.08. The van der Waals surface area contributed by atoms with Crippen LogP contribution in [0.4, 0.5) is 0 Å². The summed E-state index contributed by atoms with van der Waals surface area (Å²) in [7, 11) is 0. The molecule has 0 amide bonds. The third-order valence-corrected chi connectivity index (χ3v) is 5.12. The lowest BCUT2D eigenvalue weighted by molar-refractivity contribution is 0.318. The van der Waals surface area contributed by atoms with E-state index in [1.54, 1.807) is 29.1 Å². The molecule has 0 radical (unpaired) electrons. The molecule has 4 aromatic rings. The van der Waals surface area contributed by atoms with Crippen molar-refractivity contribution in [2.24, 2.45) is 10.1 Å². The van der Waals surface area contributed by atoms with Gasteiger partial charge >= 0.3 is 0 Å². The van der Waals surface area contributed by atoms with Gasteiger partial charge in [-0.15, -0.1) is 11.3 Å². The third-order valence-electron chi connectivity index (χ3n) is 4.26. The summed E-state index contributed by atoms with van der Waals surface area (Å²) in [5, 5.41) is 17.6. The molecule has 2 heterocycles. The monoisotopic (exact) mass is 407 g/mol. The molecule has 0 saturated heterocycles. The van der Waals surface area contributed by atoms with Gasteiger partial charge in [0.05, 0.1) is 12.8 Å². The van der Waals surface area contributed by atoms with E-state index < -0.39 is 0 Å². The van der Waals surface area contributed by atoms with Crippen molar-refractivity contribution in [1.29, 1.82) is 0 Å². The fraction of sp³-hybridized carbons (Fsp3) is 0.182. The number of phenolic OH excluding ortho intramolecular Hbond substituents is 1. The van der Waals surface area contributed by atoms with E-state index in [0.717, 1.165) is 32.8 Å². The zero-order valence-electron chi connectivity index (χ0n) is 16.2. The van der Waals surface area contributed by atoms with E-state index in [-0.39, 0.29) is 5.75 Å². The summed E-state index contributed by atoms with van der Waals surface area (Å²) < 4.78 is 13.3. The standard InChI is InChI=1S/C22H21N3O3S/c1-3-23-22-25(24-13-15-9-10-18(26)21(11-15)27-4-2)17(14-29-22)20-12-16-7-5-6-8-19(16)28-20/h5-14,26H,3-4H2,1-2H3. The van der Waals surface area contributed by atoms with E-state index in [1.165, 1.54) is 11.3 Å². The van der Waals surface area contributed by atoms with Gasteiger partial charge in [0.25, 0.3) is 0 Å². The van der Waals surface area contributed by atoms with Crippen molar-refractivity contribution in [3.63, 3.8) is 0 Å². The Labute approximate surface area is 172 Å². The van der Waals surface area contributed by atoms with Crippen molar-refractivity contribution in [1.82, 2.24) is 4.68 Å². The molecule has 7 heteroatoms. The number of para-hydroxylation sites is 1. The molecule has 0 spiro atoms. The van der Waals surface area contributed by atoms with Crippen molar-refractivity contribution in [3.05, 3.63) is 64.3 Å². The predicted molar refractivity (Wildman–Crippen MR) is 116 cm³/mol. The highest BCUT2D eigenvalue weighted by Gasteiger charge is 2.12. The van der Waals surface area contributed by atoms with Crippen molar-refractivity contribution < 1.29 is 14.3 Å². The maximum atomic E-state index is 9.89. The molecule has 0 bridgehead atoms. The predicted octanol–water partition coefficient (Wildman–Crippen LogP) is 4.87. The number of rotatable bonds is 6. The van der Waals surface area contributed by atoms with Crippen LogP contribution in [0.3, 0.4) is 0 Å². The molecule has 148 valence electrons. The van der Waals surface area contributed by atoms with E-state index in [4.69, 9.17) is 9.15 Å². The van der Waals surface area contributed by atoms with Crippen LogP contribution in [-0.4, -0.2) is 29.1 Å². The van der Waals surface area contributed by atoms with Gasteiger partial charge in [0.15, 0.2) is 17.3 Å². The molecule has 0 aliphatic carbocycles. The van der Waals surface area contributed by atoms with Crippen molar-refractivity contribution in [2.45, 2.75) is 13.8 Å². The van der Waals surface area contributed by atoms with Gasteiger partial charge < -0.3 is 14.3 Å². The van der Waals surface area contributed by atoms with Crippen LogP contribution in [-0.2, 0) is 0 Å². The van der Waals surface area contributed by atoms with E-state index in [9.17, 15) is 5.11 Å². The Bertz CT molecular complexity index is 1200. The van der Waals surface area contributed by atoms with Crippen LogP contribution in [0.2, 0.25) is 0 Å². The van der Waals surface area contributed by atoms with Crippen molar-refractivity contribution in [2.75, 3.05) is 13.2 Å². The largest absolute Gasteiger partial charge is 0.504 e. The lowest BCUT2D eigenvalue weighted by Crippen LogP contribution is -2.12. The normalized spacial score (nSPS) is 12.3. The second-order valence-electron chi connectivity index (χ2n) is 6.24. The highest BCUT2D eigenvalue weighted by Crippen LogP contribution is 2.29. The van der Waals surface area contributed by atoms with Crippen LogP contribution in [0.25, 0.3) is 22.4 Å². The molecule has 6 nitrogen and oxygen atoms in total. The van der Waals surface area contributed by atoms with Crippen molar-refractivity contribution in [3.8, 4) is 23.0 Å². The van der Waals surface area contributed by atoms with E-state index in [0.29, 0.717) is 18.9 Å². The molecule has 2 aromatic heterocycles. The van der Waals surface area contributed by atoms with Crippen LogP contribution in [0.5, 0.6) is 11.5 Å². The summed E-state index contributed by atoms with van der Waals surface area (Å²) in [5.74, 6) is 1.28. The van der Waals surface area contributed by atoms with Crippen molar-refractivity contribution >= 4 is 28.5 Å². The molecule has 4 rings (SSSR count). The van der Waals surface area contributed by atoms with Gasteiger partial charge in [-0.25, -0.2) is 4.68 Å². The Balaban J connectivity index is 1.77. The smallest absolute Gasteiger partial charge is 0.206 e. The number of aromatic nitrogens is 1. The third kappa shape index (κ3) is 3.95. The second kappa shape index (κ2) is 8.36. The number of phenols is 1. The molecule has 0 atom stereocenters. The number of aromatic hydroxyl groups is 1. The first kappa shape index (κ1) is 19.0. The van der Waals surface area contributed by atoms with Crippen LogP contribution in [0.15, 0.2) is 68.4 Å². The zero-order chi connectivity index (χ0) is 20.2. The molecule has 0 fully saturated rings. The fourth-order valence-corrected chi connectivity index (χ4v) is 3.82. The van der Waals surface area contributed by atoms with Gasteiger partial charge in [0.1, 0.15) is 11.3 Å². The lowest BCUT2D eigenvalue weighted by Gasteiger charge is -2.06. The summed E-state index contributed by atoms with van der Waals surface area (Å²) in [4.78, 5) is 5.32. The lowest BCUT2D eigenvalue weighted by atomic mass is 10.2. The maximum Gasteiger partial charge on any atom is 0.206 e. The SMILES string of the molecule is CCN=c1scc(-c2cc3ccccc3o2)n1N=Cc1ccc(O)c(OCC)c1. The topological polar surface area (TPSA) is 72.2 Å². The molecule has 29 heavy (non-hydrogen) atoms. The van der Waals surface area contributed by atoms with Crippen LogP contribution < -0.4 is 9.54 Å². The summed E-state index contributed by atoms with van der Waals surface area (Å²) in [6.45, 7) is 5.00. The average molecular weight is 407 g/mol. The minimum absolute atomic E-state index is 0.108. The number of thiazole rings is 1. The average Bonchev–Trinajstić information content (AvgIpc) is 3.32. The van der Waals surface area contributed by atoms with Crippen LogP contribution in [0.1, 0.15) is 19.4 Å². The summed E-state index contributed by atoms with van der Waals surface area (Å²) >= 11 is 1.51.